The molecule has 2 aliphatic carbocycles. The average Bonchev–Trinajstić information content (AvgIpc) is 3.44. The molecule has 2 aromatic rings. The molecule has 2 aromatic heterocycles. The number of anilines is 2. The molecule has 32 heavy (non-hydrogen) atoms. The zero-order valence-electron chi connectivity index (χ0n) is 17.5. The fourth-order valence-corrected chi connectivity index (χ4v) is 6.55. The van der Waals surface area contributed by atoms with Crippen molar-refractivity contribution >= 4 is 34.2 Å². The van der Waals surface area contributed by atoms with E-state index in [9.17, 15) is 9.32 Å². The van der Waals surface area contributed by atoms with Crippen LogP contribution in [0.2, 0.25) is 5.02 Å². The Labute approximate surface area is 193 Å². The molecule has 0 aromatic carbocycles. The maximum absolute atomic E-state index is 12.5. The molecule has 0 spiro atoms. The van der Waals surface area contributed by atoms with Gasteiger partial charge >= 0.3 is 0 Å². The summed E-state index contributed by atoms with van der Waals surface area (Å²) in [7, 11) is -1.30. The van der Waals surface area contributed by atoms with E-state index in [0.29, 0.717) is 45.3 Å². The summed E-state index contributed by atoms with van der Waals surface area (Å²) < 4.78 is 18.1. The van der Waals surface area contributed by atoms with Crippen molar-refractivity contribution in [2.75, 3.05) is 35.9 Å². The largest absolute Gasteiger partial charge is 0.463 e. The molecule has 0 amide bonds. The van der Waals surface area contributed by atoms with Crippen molar-refractivity contribution in [2.45, 2.75) is 48.5 Å². The minimum Gasteiger partial charge on any atom is -0.463 e. The van der Waals surface area contributed by atoms with Crippen LogP contribution in [0.15, 0.2) is 17.3 Å². The van der Waals surface area contributed by atoms with Gasteiger partial charge in [0.25, 0.3) is 0 Å². The van der Waals surface area contributed by atoms with Crippen LogP contribution in [0.5, 0.6) is 5.88 Å². The minimum atomic E-state index is -1.30. The predicted molar refractivity (Wildman–Crippen MR) is 119 cm³/mol. The van der Waals surface area contributed by atoms with Gasteiger partial charge in [0, 0.05) is 31.4 Å². The molecule has 11 heteroatoms. The number of aliphatic hydroxyl groups excluding tert-OH is 1. The van der Waals surface area contributed by atoms with Crippen molar-refractivity contribution in [3.63, 3.8) is 0 Å². The highest BCUT2D eigenvalue weighted by Crippen LogP contribution is 2.47. The monoisotopic (exact) mass is 476 g/mol. The third-order valence-electron chi connectivity index (χ3n) is 7.39. The van der Waals surface area contributed by atoms with E-state index in [1.165, 1.54) is 0 Å². The van der Waals surface area contributed by atoms with Crippen LogP contribution >= 0.6 is 11.6 Å². The Morgan fingerprint density at radius 2 is 1.94 bits per heavy atom. The topological polar surface area (TPSA) is 113 Å². The molecule has 0 radical (unpaired) electrons. The summed E-state index contributed by atoms with van der Waals surface area (Å²) in [5.74, 6) is 3.93. The number of hydrogen-bond acceptors (Lipinski definition) is 9. The van der Waals surface area contributed by atoms with Crippen molar-refractivity contribution in [2.24, 2.45) is 11.8 Å². The second-order valence-corrected chi connectivity index (χ2v) is 11.2. The third-order valence-corrected chi connectivity index (χ3v) is 8.74. The zero-order chi connectivity index (χ0) is 21.9. The molecule has 1 saturated heterocycles. The van der Waals surface area contributed by atoms with Gasteiger partial charge in [-0.3, -0.25) is 4.21 Å². The summed E-state index contributed by atoms with van der Waals surface area (Å²) in [6, 6.07) is 0. The second-order valence-electron chi connectivity index (χ2n) is 9.38. The van der Waals surface area contributed by atoms with E-state index >= 15 is 0 Å². The van der Waals surface area contributed by atoms with Crippen molar-refractivity contribution in [3.05, 3.63) is 23.2 Å². The molecule has 2 saturated carbocycles. The standard InChI is InChI=1S/C21H25ClN6O3S/c22-15-6-23-17(24-7-15)12-4-13-8-28(9-14(13)5-12)20-25-18(27-21(10-29)2-1-3-21)16-19(26-20)31-11-32(16)30/h6-7,12-14,29H,1-5,8-11H2,(H,25,26,27). The quantitative estimate of drug-likeness (QED) is 0.671. The van der Waals surface area contributed by atoms with E-state index in [4.69, 9.17) is 21.3 Å². The summed E-state index contributed by atoms with van der Waals surface area (Å²) in [5.41, 5.74) is -0.389. The van der Waals surface area contributed by atoms with Crippen LogP contribution < -0.4 is 15.0 Å². The van der Waals surface area contributed by atoms with E-state index in [0.717, 1.165) is 51.0 Å². The first kappa shape index (κ1) is 20.6. The Morgan fingerprint density at radius 1 is 1.22 bits per heavy atom. The SMILES string of the molecule is O=S1COc2nc(N3CC4CC(c5ncc(Cl)cn5)CC4C3)nc(NC3(CO)CCC3)c21. The fraction of sp³-hybridized carbons (Fsp3) is 0.619. The zero-order valence-corrected chi connectivity index (χ0v) is 19.1. The van der Waals surface area contributed by atoms with E-state index in [-0.39, 0.29) is 18.1 Å². The number of nitrogens with one attached hydrogen (secondary N) is 1. The van der Waals surface area contributed by atoms with Crippen molar-refractivity contribution < 1.29 is 14.1 Å². The number of halogens is 1. The Bertz CT molecular complexity index is 1050. The van der Waals surface area contributed by atoms with Crippen LogP contribution in [0.25, 0.3) is 0 Å². The molecule has 2 N–H and O–H groups in total. The lowest BCUT2D eigenvalue weighted by atomic mass is 9.77. The molecular weight excluding hydrogens is 452 g/mol. The molecular formula is C21H25ClN6O3S. The fourth-order valence-electron chi connectivity index (χ4n) is 5.50. The number of rotatable bonds is 5. The summed E-state index contributed by atoms with van der Waals surface area (Å²) in [4.78, 5) is 21.0. The molecule has 3 unspecified atom stereocenters. The number of aliphatic hydroxyl groups is 1. The lowest BCUT2D eigenvalue weighted by Crippen LogP contribution is -2.48. The number of fused-ring (bicyclic) bond motifs is 2. The molecule has 4 heterocycles. The van der Waals surface area contributed by atoms with E-state index in [1.807, 2.05) is 0 Å². The number of nitrogens with zero attached hydrogens (tertiary/aromatic N) is 5. The molecule has 3 fully saturated rings. The first-order chi connectivity index (χ1) is 15.5. The predicted octanol–water partition coefficient (Wildman–Crippen LogP) is 2.33. The first-order valence-electron chi connectivity index (χ1n) is 11.1. The van der Waals surface area contributed by atoms with Gasteiger partial charge in [-0.2, -0.15) is 9.97 Å². The smallest absolute Gasteiger partial charge is 0.238 e. The maximum Gasteiger partial charge on any atom is 0.238 e. The molecule has 4 aliphatic rings. The molecule has 0 bridgehead atoms. The van der Waals surface area contributed by atoms with Crippen LogP contribution in [0.4, 0.5) is 11.8 Å². The second kappa shape index (κ2) is 7.78. The van der Waals surface area contributed by atoms with Crippen LogP contribution in [0, 0.1) is 11.8 Å². The van der Waals surface area contributed by atoms with Gasteiger partial charge in [0.1, 0.15) is 21.5 Å². The van der Waals surface area contributed by atoms with Gasteiger partial charge in [-0.1, -0.05) is 11.6 Å². The number of aromatic nitrogens is 4. The Hall–Kier alpha value is -2.04. The normalized spacial score (nSPS) is 29.9. The van der Waals surface area contributed by atoms with Gasteiger partial charge in [0.15, 0.2) is 11.8 Å². The molecule has 3 atom stereocenters. The average molecular weight is 477 g/mol. The van der Waals surface area contributed by atoms with Crippen molar-refractivity contribution in [1.82, 2.24) is 19.9 Å². The highest BCUT2D eigenvalue weighted by molar-refractivity contribution is 7.85. The highest BCUT2D eigenvalue weighted by atomic mass is 35.5. The van der Waals surface area contributed by atoms with Gasteiger partial charge in [-0.25, -0.2) is 9.97 Å². The van der Waals surface area contributed by atoms with Crippen molar-refractivity contribution in [1.29, 1.82) is 0 Å². The highest BCUT2D eigenvalue weighted by Gasteiger charge is 2.44. The Kier molecular flexibility index (Phi) is 5.00. The van der Waals surface area contributed by atoms with Crippen LogP contribution in [0.3, 0.4) is 0 Å². The molecule has 2 aliphatic heterocycles. The summed E-state index contributed by atoms with van der Waals surface area (Å²) in [6.45, 7) is 1.75. The van der Waals surface area contributed by atoms with Crippen LogP contribution in [0.1, 0.15) is 43.8 Å². The van der Waals surface area contributed by atoms with E-state index in [2.05, 4.69) is 25.2 Å². The third kappa shape index (κ3) is 3.43. The summed E-state index contributed by atoms with van der Waals surface area (Å²) in [6.07, 6.45) is 8.20. The van der Waals surface area contributed by atoms with Gasteiger partial charge in [-0.05, 0) is 43.9 Å². The molecule has 9 nitrogen and oxygen atoms in total. The van der Waals surface area contributed by atoms with E-state index in [1.54, 1.807) is 12.4 Å². The maximum atomic E-state index is 12.5. The summed E-state index contributed by atoms with van der Waals surface area (Å²) >= 11 is 5.93. The molecule has 170 valence electrons. The Balaban J connectivity index is 1.22. The van der Waals surface area contributed by atoms with Gasteiger partial charge in [-0.15, -0.1) is 0 Å². The number of ether oxygens (including phenoxy) is 1. The van der Waals surface area contributed by atoms with Crippen molar-refractivity contribution in [3.8, 4) is 5.88 Å². The Morgan fingerprint density at radius 3 is 2.56 bits per heavy atom. The summed E-state index contributed by atoms with van der Waals surface area (Å²) in [5, 5.41) is 13.8. The molecule has 6 rings (SSSR count). The van der Waals surface area contributed by atoms with Gasteiger partial charge in [0.2, 0.25) is 11.8 Å². The van der Waals surface area contributed by atoms with Crippen LogP contribution in [-0.4, -0.2) is 60.4 Å². The first-order valence-corrected chi connectivity index (χ1v) is 12.8. The van der Waals surface area contributed by atoms with Gasteiger partial charge < -0.3 is 20.1 Å². The van der Waals surface area contributed by atoms with Crippen LogP contribution in [-0.2, 0) is 10.8 Å². The number of hydrogen-bond donors (Lipinski definition) is 2. The van der Waals surface area contributed by atoms with E-state index < -0.39 is 10.8 Å². The lowest BCUT2D eigenvalue weighted by molar-refractivity contribution is 0.143. The lowest BCUT2D eigenvalue weighted by Gasteiger charge is -2.41. The minimum absolute atomic E-state index is 0.0244. The van der Waals surface area contributed by atoms with Gasteiger partial charge in [0.05, 0.1) is 17.2 Å².